The zero-order valence-electron chi connectivity index (χ0n) is 18.7. The number of hydrogen-bond acceptors (Lipinski definition) is 6. The first-order valence-corrected chi connectivity index (χ1v) is 10.3. The standard InChI is InChI=1S/C23H27N5O5/c1-13-4-9-16(12-17(13)22(31)27(2)3)28-10-11-33-19(23(28)32)18(29)21(30)26-15-7-5-14(6-8-15)20(24)25/h4-9,12,18-19,29H,10-11H2,1-3H3,(H3,24,25)(H,26,30)/t18-,19-/m1/s1. The van der Waals surface area contributed by atoms with Gasteiger partial charge in [0.25, 0.3) is 17.7 Å². The largest absolute Gasteiger partial charge is 0.384 e. The minimum Gasteiger partial charge on any atom is -0.384 e. The summed E-state index contributed by atoms with van der Waals surface area (Å²) in [5.74, 6) is -1.69. The number of rotatable bonds is 6. The number of ether oxygens (including phenoxy) is 1. The number of amides is 3. The molecule has 0 aliphatic carbocycles. The van der Waals surface area contributed by atoms with Crippen molar-refractivity contribution in [3.05, 3.63) is 59.2 Å². The highest BCUT2D eigenvalue weighted by Gasteiger charge is 2.39. The predicted octanol–water partition coefficient (Wildman–Crippen LogP) is 0.712. The Morgan fingerprint density at radius 2 is 1.91 bits per heavy atom. The maximum absolute atomic E-state index is 13.1. The van der Waals surface area contributed by atoms with Crippen LogP contribution in [0.2, 0.25) is 0 Å². The molecular formula is C23H27N5O5. The molecule has 5 N–H and O–H groups in total. The number of morpholine rings is 1. The molecule has 1 saturated heterocycles. The zero-order chi connectivity index (χ0) is 24.3. The molecule has 0 bridgehead atoms. The number of aliphatic hydroxyl groups is 1. The molecule has 3 amide bonds. The van der Waals surface area contributed by atoms with E-state index in [1.807, 2.05) is 6.92 Å². The predicted molar refractivity (Wildman–Crippen MR) is 123 cm³/mol. The Morgan fingerprint density at radius 1 is 1.24 bits per heavy atom. The second-order valence-corrected chi connectivity index (χ2v) is 7.91. The highest BCUT2D eigenvalue weighted by atomic mass is 16.5. The van der Waals surface area contributed by atoms with Crippen molar-refractivity contribution in [1.29, 1.82) is 5.41 Å². The molecule has 2 aromatic carbocycles. The van der Waals surface area contributed by atoms with E-state index in [-0.39, 0.29) is 24.9 Å². The van der Waals surface area contributed by atoms with Crippen LogP contribution in [0.5, 0.6) is 0 Å². The highest BCUT2D eigenvalue weighted by Crippen LogP contribution is 2.24. The van der Waals surface area contributed by atoms with Gasteiger partial charge >= 0.3 is 0 Å². The van der Waals surface area contributed by atoms with Gasteiger partial charge in [-0.25, -0.2) is 0 Å². The van der Waals surface area contributed by atoms with Gasteiger partial charge in [0.1, 0.15) is 5.84 Å². The number of amidine groups is 1. The minimum atomic E-state index is -1.75. The summed E-state index contributed by atoms with van der Waals surface area (Å²) in [7, 11) is 3.29. The van der Waals surface area contributed by atoms with Gasteiger partial charge in [-0.15, -0.1) is 0 Å². The van der Waals surface area contributed by atoms with Crippen molar-refractivity contribution >= 4 is 34.9 Å². The van der Waals surface area contributed by atoms with Crippen LogP contribution in [0.3, 0.4) is 0 Å². The summed E-state index contributed by atoms with van der Waals surface area (Å²) in [4.78, 5) is 40.9. The van der Waals surface area contributed by atoms with Gasteiger partial charge in [0.2, 0.25) is 0 Å². The second kappa shape index (κ2) is 9.80. The average molecular weight is 453 g/mol. The van der Waals surface area contributed by atoms with E-state index in [4.69, 9.17) is 15.9 Å². The van der Waals surface area contributed by atoms with Gasteiger partial charge in [0.15, 0.2) is 12.2 Å². The van der Waals surface area contributed by atoms with Crippen molar-refractivity contribution in [3.8, 4) is 0 Å². The van der Waals surface area contributed by atoms with E-state index in [1.165, 1.54) is 21.9 Å². The lowest BCUT2D eigenvalue weighted by Gasteiger charge is -2.34. The molecule has 0 radical (unpaired) electrons. The monoisotopic (exact) mass is 453 g/mol. The van der Waals surface area contributed by atoms with Gasteiger partial charge in [0, 0.05) is 43.1 Å². The smallest absolute Gasteiger partial charge is 0.259 e. The van der Waals surface area contributed by atoms with E-state index in [2.05, 4.69) is 5.32 Å². The third kappa shape index (κ3) is 5.18. The maximum Gasteiger partial charge on any atom is 0.259 e. The molecule has 1 heterocycles. The molecule has 10 heteroatoms. The van der Waals surface area contributed by atoms with Crippen molar-refractivity contribution in [3.63, 3.8) is 0 Å². The fourth-order valence-electron chi connectivity index (χ4n) is 3.42. The Hall–Kier alpha value is -3.76. The van der Waals surface area contributed by atoms with Crippen LogP contribution in [-0.4, -0.2) is 73.0 Å². The van der Waals surface area contributed by atoms with E-state index < -0.39 is 24.0 Å². The first-order chi connectivity index (χ1) is 15.6. The average Bonchev–Trinajstić information content (AvgIpc) is 2.79. The van der Waals surface area contributed by atoms with Crippen LogP contribution in [0.4, 0.5) is 11.4 Å². The van der Waals surface area contributed by atoms with Gasteiger partial charge in [-0.3, -0.25) is 19.8 Å². The third-order valence-electron chi connectivity index (χ3n) is 5.31. The molecule has 2 aromatic rings. The summed E-state index contributed by atoms with van der Waals surface area (Å²) in [6.07, 6.45) is -3.15. The maximum atomic E-state index is 13.1. The first-order valence-electron chi connectivity index (χ1n) is 10.3. The number of carbonyl (C=O) groups excluding carboxylic acids is 3. The summed E-state index contributed by atoms with van der Waals surface area (Å²) in [6.45, 7) is 2.13. The van der Waals surface area contributed by atoms with Gasteiger partial charge in [-0.1, -0.05) is 6.07 Å². The minimum absolute atomic E-state index is 0.110. The number of nitrogens with one attached hydrogen (secondary N) is 2. The molecule has 2 atom stereocenters. The first kappa shape index (κ1) is 23.9. The van der Waals surface area contributed by atoms with Gasteiger partial charge in [-0.2, -0.15) is 0 Å². The van der Waals surface area contributed by atoms with Crippen LogP contribution < -0.4 is 16.0 Å². The Morgan fingerprint density at radius 3 is 2.52 bits per heavy atom. The summed E-state index contributed by atoms with van der Waals surface area (Å²) in [5.41, 5.74) is 7.98. The lowest BCUT2D eigenvalue weighted by Crippen LogP contribution is -2.55. The Labute approximate surface area is 191 Å². The topological polar surface area (TPSA) is 149 Å². The number of hydrogen-bond donors (Lipinski definition) is 4. The van der Waals surface area contributed by atoms with Crippen molar-refractivity contribution in [1.82, 2.24) is 4.90 Å². The molecule has 0 unspecified atom stereocenters. The molecule has 1 fully saturated rings. The summed E-state index contributed by atoms with van der Waals surface area (Å²) in [5, 5.41) is 20.5. The van der Waals surface area contributed by atoms with E-state index in [0.29, 0.717) is 22.5 Å². The molecule has 1 aliphatic rings. The molecule has 33 heavy (non-hydrogen) atoms. The van der Waals surface area contributed by atoms with E-state index >= 15 is 0 Å². The van der Waals surface area contributed by atoms with Crippen molar-refractivity contribution in [2.45, 2.75) is 19.1 Å². The number of nitrogens with two attached hydrogens (primary N) is 1. The van der Waals surface area contributed by atoms with Crippen LogP contribution in [-0.2, 0) is 14.3 Å². The van der Waals surface area contributed by atoms with Crippen LogP contribution in [0.25, 0.3) is 0 Å². The molecule has 174 valence electrons. The molecule has 0 aromatic heterocycles. The summed E-state index contributed by atoms with van der Waals surface area (Å²) < 4.78 is 5.43. The SMILES string of the molecule is Cc1ccc(N2CCO[C@H]([C@@H](O)C(=O)Nc3ccc(C(=N)N)cc3)C2=O)cc1C(=O)N(C)C. The highest BCUT2D eigenvalue weighted by molar-refractivity contribution is 6.05. The fraction of sp³-hybridized carbons (Fsp3) is 0.304. The quantitative estimate of drug-likeness (QED) is 0.374. The van der Waals surface area contributed by atoms with Gasteiger partial charge in [0.05, 0.1) is 6.61 Å². The number of aryl methyl sites for hydroxylation is 1. The Balaban J connectivity index is 1.75. The van der Waals surface area contributed by atoms with Crippen LogP contribution in [0.15, 0.2) is 42.5 Å². The lowest BCUT2D eigenvalue weighted by atomic mass is 10.0. The summed E-state index contributed by atoms with van der Waals surface area (Å²) >= 11 is 0. The number of carbonyl (C=O) groups is 3. The van der Waals surface area contributed by atoms with E-state index in [0.717, 1.165) is 5.56 Å². The molecule has 1 aliphatic heterocycles. The van der Waals surface area contributed by atoms with Crippen LogP contribution in [0.1, 0.15) is 21.5 Å². The third-order valence-corrected chi connectivity index (χ3v) is 5.31. The number of benzene rings is 2. The van der Waals surface area contributed by atoms with Crippen molar-refractivity contribution in [2.24, 2.45) is 5.73 Å². The van der Waals surface area contributed by atoms with E-state index in [9.17, 15) is 19.5 Å². The van der Waals surface area contributed by atoms with Crippen molar-refractivity contribution in [2.75, 3.05) is 37.5 Å². The van der Waals surface area contributed by atoms with Gasteiger partial charge < -0.3 is 30.7 Å². The molecule has 3 rings (SSSR count). The number of nitrogens with zero attached hydrogens (tertiary/aromatic N) is 2. The molecular weight excluding hydrogens is 426 g/mol. The van der Waals surface area contributed by atoms with Crippen LogP contribution in [0, 0.1) is 12.3 Å². The molecule has 10 nitrogen and oxygen atoms in total. The second-order valence-electron chi connectivity index (χ2n) is 7.91. The summed E-state index contributed by atoms with van der Waals surface area (Å²) in [6, 6.07) is 11.3. The normalized spacial score (nSPS) is 16.8. The zero-order valence-corrected chi connectivity index (χ0v) is 18.7. The Bertz CT molecular complexity index is 1080. The van der Waals surface area contributed by atoms with Crippen molar-refractivity contribution < 1.29 is 24.2 Å². The Kier molecular flexibility index (Phi) is 7.10. The number of aliphatic hydroxyl groups excluding tert-OH is 1. The lowest BCUT2D eigenvalue weighted by molar-refractivity contribution is -0.150. The fourth-order valence-corrected chi connectivity index (χ4v) is 3.42. The molecule has 0 saturated carbocycles. The number of anilines is 2. The number of nitrogen functional groups attached to an aromatic ring is 1. The van der Waals surface area contributed by atoms with E-state index in [1.54, 1.807) is 44.4 Å². The van der Waals surface area contributed by atoms with Gasteiger partial charge in [-0.05, 0) is 48.9 Å². The van der Waals surface area contributed by atoms with Crippen LogP contribution >= 0.6 is 0 Å². The molecule has 0 spiro atoms.